The molecule has 0 spiro atoms. The van der Waals surface area contributed by atoms with E-state index in [2.05, 4.69) is 31.4 Å². The first kappa shape index (κ1) is 13.4. The molecule has 3 heteroatoms. The lowest BCUT2D eigenvalue weighted by Gasteiger charge is -2.27. The molecule has 14 heavy (non-hydrogen) atoms. The fourth-order valence-electron chi connectivity index (χ4n) is 0.997. The number of amides is 1. The number of hydrogen-bond acceptors (Lipinski definition) is 2. The van der Waals surface area contributed by atoms with Gasteiger partial charge in [-0.3, -0.25) is 4.79 Å². The summed E-state index contributed by atoms with van der Waals surface area (Å²) in [6, 6.07) is 0.236. The first-order valence-electron chi connectivity index (χ1n) is 5.35. The fraction of sp³-hybridized carbons (Fsp3) is 0.909. The van der Waals surface area contributed by atoms with Crippen LogP contribution in [0, 0.1) is 5.92 Å². The van der Waals surface area contributed by atoms with Gasteiger partial charge in [-0.15, -0.1) is 0 Å². The minimum Gasteiger partial charge on any atom is -0.352 e. The van der Waals surface area contributed by atoms with Gasteiger partial charge in [0, 0.05) is 6.04 Å². The number of nitrogens with one attached hydrogen (secondary N) is 2. The molecule has 2 N–H and O–H groups in total. The van der Waals surface area contributed by atoms with E-state index in [-0.39, 0.29) is 11.9 Å². The fourth-order valence-corrected chi connectivity index (χ4v) is 0.997. The minimum absolute atomic E-state index is 0.0628. The van der Waals surface area contributed by atoms with Crippen LogP contribution in [-0.4, -0.2) is 24.5 Å². The molecule has 3 nitrogen and oxygen atoms in total. The molecule has 0 bridgehead atoms. The Morgan fingerprint density at radius 2 is 1.86 bits per heavy atom. The van der Waals surface area contributed by atoms with Crippen LogP contribution in [0.5, 0.6) is 0 Å². The molecule has 0 fully saturated rings. The quantitative estimate of drug-likeness (QED) is 0.706. The first-order valence-corrected chi connectivity index (χ1v) is 5.35. The van der Waals surface area contributed by atoms with Gasteiger partial charge in [-0.05, 0) is 33.7 Å². The Balaban J connectivity index is 4.19. The van der Waals surface area contributed by atoms with E-state index in [1.54, 1.807) is 7.05 Å². The number of carbonyl (C=O) groups excluding carboxylic acids is 1. The van der Waals surface area contributed by atoms with Gasteiger partial charge in [0.15, 0.2) is 0 Å². The van der Waals surface area contributed by atoms with Gasteiger partial charge in [-0.25, -0.2) is 0 Å². The van der Waals surface area contributed by atoms with Crippen LogP contribution in [0.15, 0.2) is 0 Å². The molecule has 0 saturated heterocycles. The number of rotatable bonds is 5. The van der Waals surface area contributed by atoms with Gasteiger partial charge in [-0.2, -0.15) is 0 Å². The highest BCUT2D eigenvalue weighted by Crippen LogP contribution is 2.08. The molecule has 0 saturated carbocycles. The Hall–Kier alpha value is -0.570. The van der Waals surface area contributed by atoms with Gasteiger partial charge >= 0.3 is 0 Å². The SMILES string of the molecule is CCC(C)C(C)NC(=O)C(C)(C)NC. The monoisotopic (exact) mass is 200 g/mol. The first-order chi connectivity index (χ1) is 6.35. The van der Waals surface area contributed by atoms with Crippen molar-refractivity contribution in [1.29, 1.82) is 0 Å². The standard InChI is InChI=1S/C11H24N2O/c1-7-8(2)9(3)13-10(14)11(4,5)12-6/h8-9,12H,7H2,1-6H3,(H,13,14). The zero-order valence-electron chi connectivity index (χ0n) is 10.3. The topological polar surface area (TPSA) is 41.1 Å². The maximum Gasteiger partial charge on any atom is 0.239 e. The normalized spacial score (nSPS) is 16.1. The molecular formula is C11H24N2O. The van der Waals surface area contributed by atoms with Crippen molar-refractivity contribution in [2.24, 2.45) is 5.92 Å². The van der Waals surface area contributed by atoms with Crippen molar-refractivity contribution in [3.63, 3.8) is 0 Å². The Labute approximate surface area is 87.6 Å². The summed E-state index contributed by atoms with van der Waals surface area (Å²) in [4.78, 5) is 11.8. The second-order valence-corrected chi connectivity index (χ2v) is 4.52. The number of hydrogen-bond donors (Lipinski definition) is 2. The third-order valence-electron chi connectivity index (χ3n) is 3.05. The molecule has 0 aliphatic heterocycles. The summed E-state index contributed by atoms with van der Waals surface area (Å²) >= 11 is 0. The van der Waals surface area contributed by atoms with Gasteiger partial charge in [0.2, 0.25) is 5.91 Å². The molecule has 0 rings (SSSR count). The third-order valence-corrected chi connectivity index (χ3v) is 3.05. The van der Waals surface area contributed by atoms with Crippen molar-refractivity contribution >= 4 is 5.91 Å². The van der Waals surface area contributed by atoms with Gasteiger partial charge < -0.3 is 10.6 Å². The number of carbonyl (C=O) groups is 1. The van der Waals surface area contributed by atoms with Crippen LogP contribution in [0.1, 0.15) is 41.0 Å². The highest BCUT2D eigenvalue weighted by Gasteiger charge is 2.26. The van der Waals surface area contributed by atoms with Crippen LogP contribution in [0.4, 0.5) is 0 Å². The van der Waals surface area contributed by atoms with Crippen LogP contribution >= 0.6 is 0 Å². The minimum atomic E-state index is -0.484. The van der Waals surface area contributed by atoms with E-state index in [0.29, 0.717) is 5.92 Å². The van der Waals surface area contributed by atoms with Crippen LogP contribution in [0.2, 0.25) is 0 Å². The summed E-state index contributed by atoms with van der Waals surface area (Å²) in [5.41, 5.74) is -0.484. The maximum atomic E-state index is 11.8. The summed E-state index contributed by atoms with van der Waals surface area (Å²) in [7, 11) is 1.80. The second-order valence-electron chi connectivity index (χ2n) is 4.52. The van der Waals surface area contributed by atoms with Crippen LogP contribution in [0.25, 0.3) is 0 Å². The van der Waals surface area contributed by atoms with Crippen molar-refractivity contribution in [3.8, 4) is 0 Å². The lowest BCUT2D eigenvalue weighted by atomic mass is 9.98. The molecule has 0 heterocycles. The van der Waals surface area contributed by atoms with E-state index in [1.807, 2.05) is 13.8 Å². The zero-order chi connectivity index (χ0) is 11.4. The molecule has 0 aromatic carbocycles. The molecule has 0 aliphatic carbocycles. The molecule has 2 atom stereocenters. The molecule has 0 aromatic rings. The van der Waals surface area contributed by atoms with Gasteiger partial charge in [0.05, 0.1) is 5.54 Å². The summed E-state index contributed by atoms with van der Waals surface area (Å²) in [5.74, 6) is 0.583. The third kappa shape index (κ3) is 3.66. The van der Waals surface area contributed by atoms with E-state index >= 15 is 0 Å². The Kier molecular flexibility index (Phi) is 5.13. The van der Waals surface area contributed by atoms with Crippen LogP contribution < -0.4 is 10.6 Å². The largest absolute Gasteiger partial charge is 0.352 e. The molecule has 2 unspecified atom stereocenters. The predicted octanol–water partition coefficient (Wildman–Crippen LogP) is 1.54. The van der Waals surface area contributed by atoms with Crippen molar-refractivity contribution in [1.82, 2.24) is 10.6 Å². The molecule has 0 radical (unpaired) electrons. The van der Waals surface area contributed by atoms with E-state index in [9.17, 15) is 4.79 Å². The average Bonchev–Trinajstić information content (AvgIpc) is 2.16. The highest BCUT2D eigenvalue weighted by atomic mass is 16.2. The van der Waals surface area contributed by atoms with Gasteiger partial charge in [0.25, 0.3) is 0 Å². The smallest absolute Gasteiger partial charge is 0.239 e. The highest BCUT2D eigenvalue weighted by molar-refractivity contribution is 5.85. The summed E-state index contributed by atoms with van der Waals surface area (Å²) < 4.78 is 0. The van der Waals surface area contributed by atoms with Crippen molar-refractivity contribution in [3.05, 3.63) is 0 Å². The van der Waals surface area contributed by atoms with Gasteiger partial charge in [0.1, 0.15) is 0 Å². The number of likely N-dealkylation sites (N-methyl/N-ethyl adjacent to an activating group) is 1. The lowest BCUT2D eigenvalue weighted by molar-refractivity contribution is -0.127. The Morgan fingerprint density at radius 1 is 1.36 bits per heavy atom. The molecule has 1 amide bonds. The van der Waals surface area contributed by atoms with E-state index in [0.717, 1.165) is 6.42 Å². The second kappa shape index (κ2) is 5.35. The molecule has 84 valence electrons. The van der Waals surface area contributed by atoms with E-state index in [4.69, 9.17) is 0 Å². The Morgan fingerprint density at radius 3 is 2.21 bits per heavy atom. The van der Waals surface area contributed by atoms with Gasteiger partial charge in [-0.1, -0.05) is 20.3 Å². The Bertz CT molecular complexity index is 190. The molecule has 0 aromatic heterocycles. The molecular weight excluding hydrogens is 176 g/mol. The van der Waals surface area contributed by atoms with Crippen molar-refractivity contribution < 1.29 is 4.79 Å². The summed E-state index contributed by atoms with van der Waals surface area (Å²) in [6.45, 7) is 10.1. The lowest BCUT2D eigenvalue weighted by Crippen LogP contribution is -2.54. The molecule has 0 aliphatic rings. The predicted molar refractivity (Wildman–Crippen MR) is 60.2 cm³/mol. The van der Waals surface area contributed by atoms with Crippen LogP contribution in [0.3, 0.4) is 0 Å². The average molecular weight is 200 g/mol. The summed E-state index contributed by atoms with van der Waals surface area (Å²) in [5, 5.41) is 6.01. The summed E-state index contributed by atoms with van der Waals surface area (Å²) in [6.07, 6.45) is 1.08. The van der Waals surface area contributed by atoms with E-state index < -0.39 is 5.54 Å². The van der Waals surface area contributed by atoms with Crippen LogP contribution in [-0.2, 0) is 4.79 Å². The van der Waals surface area contributed by atoms with Crippen molar-refractivity contribution in [2.75, 3.05) is 7.05 Å². The van der Waals surface area contributed by atoms with Crippen molar-refractivity contribution in [2.45, 2.75) is 52.6 Å². The zero-order valence-corrected chi connectivity index (χ0v) is 10.3. The maximum absolute atomic E-state index is 11.8. The van der Waals surface area contributed by atoms with E-state index in [1.165, 1.54) is 0 Å².